The number of amides is 2. The van der Waals surface area contributed by atoms with Crippen molar-refractivity contribution in [3.05, 3.63) is 35.6 Å². The molecule has 4 heteroatoms. The molecule has 0 spiro atoms. The predicted molar refractivity (Wildman–Crippen MR) is 74.5 cm³/mol. The van der Waals surface area contributed by atoms with Crippen molar-refractivity contribution < 1.29 is 4.79 Å². The fourth-order valence-electron chi connectivity index (χ4n) is 2.42. The van der Waals surface area contributed by atoms with E-state index < -0.39 is 6.03 Å². The first-order chi connectivity index (χ1) is 8.41. The molecule has 1 aliphatic rings. The molecular weight excluding hydrogens is 226 g/mol. The number of hydrogen-bond acceptors (Lipinski definition) is 2. The van der Waals surface area contributed by atoms with E-state index in [2.05, 4.69) is 37.9 Å². The molecular formula is C14H23N3O. The van der Waals surface area contributed by atoms with Crippen molar-refractivity contribution in [2.24, 2.45) is 11.7 Å². The summed E-state index contributed by atoms with van der Waals surface area (Å²) in [5.74, 6) is 0.516. The van der Waals surface area contributed by atoms with Gasteiger partial charge in [0.25, 0.3) is 0 Å². The number of rotatable bonds is 6. The lowest BCUT2D eigenvalue weighted by Gasteiger charge is -2.17. The molecule has 4 N–H and O–H groups in total. The van der Waals surface area contributed by atoms with Crippen LogP contribution in [-0.4, -0.2) is 6.03 Å². The lowest BCUT2D eigenvalue weighted by molar-refractivity contribution is 0.246. The maximum Gasteiger partial charge on any atom is 0.330 e. The molecule has 0 radical (unpaired) electrons. The second-order valence-corrected chi connectivity index (χ2v) is 4.96. The van der Waals surface area contributed by atoms with Crippen molar-refractivity contribution in [3.8, 4) is 0 Å². The summed E-state index contributed by atoms with van der Waals surface area (Å²) < 4.78 is 0. The Morgan fingerprint density at radius 1 is 1.44 bits per heavy atom. The zero-order valence-electron chi connectivity index (χ0n) is 11.3. The second-order valence-electron chi connectivity index (χ2n) is 4.96. The van der Waals surface area contributed by atoms with Gasteiger partial charge in [-0.05, 0) is 39.5 Å². The molecule has 0 fully saturated rings. The highest BCUT2D eigenvalue weighted by Gasteiger charge is 2.23. The van der Waals surface area contributed by atoms with E-state index in [0.717, 1.165) is 25.0 Å². The third kappa shape index (κ3) is 3.95. The van der Waals surface area contributed by atoms with E-state index in [1.54, 1.807) is 0 Å². The summed E-state index contributed by atoms with van der Waals surface area (Å²) in [7, 11) is 0. The van der Waals surface area contributed by atoms with E-state index in [0.29, 0.717) is 5.92 Å². The van der Waals surface area contributed by atoms with Crippen LogP contribution in [-0.2, 0) is 0 Å². The van der Waals surface area contributed by atoms with Gasteiger partial charge in [0.15, 0.2) is 0 Å². The average molecular weight is 249 g/mol. The van der Waals surface area contributed by atoms with Gasteiger partial charge in [0.05, 0.1) is 0 Å². The summed E-state index contributed by atoms with van der Waals surface area (Å²) in [5.41, 5.74) is 14.9. The molecule has 0 bridgehead atoms. The minimum Gasteiger partial charge on any atom is -0.350 e. The number of urea groups is 1. The number of allylic oxidation sites excluding steroid dienone is 4. The molecule has 0 saturated carbocycles. The lowest BCUT2D eigenvalue weighted by Crippen LogP contribution is -2.40. The van der Waals surface area contributed by atoms with Crippen molar-refractivity contribution >= 4 is 6.03 Å². The van der Waals surface area contributed by atoms with Crippen LogP contribution in [0.3, 0.4) is 0 Å². The SMILES string of the molecule is C=C(CCC1=C(C)CC[C@H]1C(=C)C)NNC(N)=O. The molecule has 18 heavy (non-hydrogen) atoms. The van der Waals surface area contributed by atoms with Crippen molar-refractivity contribution in [3.63, 3.8) is 0 Å². The molecule has 1 rings (SSSR count). The number of primary amides is 1. The lowest BCUT2D eigenvalue weighted by atomic mass is 9.91. The average Bonchev–Trinajstić information content (AvgIpc) is 2.65. The first kappa shape index (κ1) is 14.4. The van der Waals surface area contributed by atoms with E-state index in [4.69, 9.17) is 5.73 Å². The molecule has 1 aliphatic carbocycles. The van der Waals surface area contributed by atoms with E-state index >= 15 is 0 Å². The minimum absolute atomic E-state index is 0.516. The van der Waals surface area contributed by atoms with Crippen LogP contribution < -0.4 is 16.6 Å². The van der Waals surface area contributed by atoms with Gasteiger partial charge in [-0.15, -0.1) is 0 Å². The number of carbonyl (C=O) groups excluding carboxylic acids is 1. The van der Waals surface area contributed by atoms with Crippen molar-refractivity contribution in [1.82, 2.24) is 10.9 Å². The van der Waals surface area contributed by atoms with Crippen LogP contribution in [0.2, 0.25) is 0 Å². The number of hydrogen-bond donors (Lipinski definition) is 3. The van der Waals surface area contributed by atoms with Gasteiger partial charge in [0, 0.05) is 11.6 Å². The summed E-state index contributed by atoms with van der Waals surface area (Å²) >= 11 is 0. The van der Waals surface area contributed by atoms with Crippen molar-refractivity contribution in [1.29, 1.82) is 0 Å². The maximum atomic E-state index is 10.5. The molecule has 2 amide bonds. The zero-order chi connectivity index (χ0) is 13.7. The van der Waals surface area contributed by atoms with Gasteiger partial charge >= 0.3 is 6.03 Å². The molecule has 1 atom stereocenters. The van der Waals surface area contributed by atoms with Gasteiger partial charge in [-0.1, -0.05) is 29.9 Å². The van der Waals surface area contributed by atoms with Crippen LogP contribution in [0.15, 0.2) is 35.6 Å². The van der Waals surface area contributed by atoms with Crippen LogP contribution in [0.1, 0.15) is 39.5 Å². The zero-order valence-corrected chi connectivity index (χ0v) is 11.3. The van der Waals surface area contributed by atoms with E-state index in [9.17, 15) is 4.79 Å². The topological polar surface area (TPSA) is 67.2 Å². The van der Waals surface area contributed by atoms with Crippen LogP contribution in [0.25, 0.3) is 0 Å². The highest BCUT2D eigenvalue weighted by molar-refractivity contribution is 5.71. The molecule has 0 aromatic carbocycles. The third-order valence-electron chi connectivity index (χ3n) is 3.43. The number of hydrazine groups is 1. The minimum atomic E-state index is -0.604. The Morgan fingerprint density at radius 2 is 2.11 bits per heavy atom. The Morgan fingerprint density at radius 3 is 2.67 bits per heavy atom. The Labute approximate surface area is 109 Å². The Hall–Kier alpha value is -1.71. The number of carbonyl (C=O) groups is 1. The molecule has 4 nitrogen and oxygen atoms in total. The maximum absolute atomic E-state index is 10.5. The van der Waals surface area contributed by atoms with Gasteiger partial charge in [0.1, 0.15) is 0 Å². The first-order valence-electron chi connectivity index (χ1n) is 6.25. The molecule has 0 aliphatic heterocycles. The molecule has 100 valence electrons. The summed E-state index contributed by atoms with van der Waals surface area (Å²) in [6.07, 6.45) is 4.08. The van der Waals surface area contributed by atoms with Gasteiger partial charge in [-0.2, -0.15) is 0 Å². The van der Waals surface area contributed by atoms with Crippen molar-refractivity contribution in [2.75, 3.05) is 0 Å². The van der Waals surface area contributed by atoms with Crippen molar-refractivity contribution in [2.45, 2.75) is 39.5 Å². The summed E-state index contributed by atoms with van der Waals surface area (Å²) in [6, 6.07) is -0.604. The molecule has 0 aromatic rings. The van der Waals surface area contributed by atoms with Crippen LogP contribution in [0, 0.1) is 5.92 Å². The van der Waals surface area contributed by atoms with Crippen LogP contribution in [0.5, 0.6) is 0 Å². The Balaban J connectivity index is 2.47. The van der Waals surface area contributed by atoms with E-state index in [1.807, 2.05) is 0 Å². The monoisotopic (exact) mass is 249 g/mol. The molecule has 0 heterocycles. The quantitative estimate of drug-likeness (QED) is 0.500. The smallest absolute Gasteiger partial charge is 0.330 e. The standard InChI is InChI=1S/C14H23N3O/c1-9(2)12-7-5-10(3)13(12)8-6-11(4)16-17-14(15)18/h12,16H,1,4-8H2,2-3H3,(H3,15,17,18)/t12-/m0/s1. The normalized spacial score (nSPS) is 18.7. The van der Waals surface area contributed by atoms with Gasteiger partial charge in [0.2, 0.25) is 0 Å². The highest BCUT2D eigenvalue weighted by Crippen LogP contribution is 2.38. The van der Waals surface area contributed by atoms with Gasteiger partial charge in [-0.25, -0.2) is 4.79 Å². The largest absolute Gasteiger partial charge is 0.350 e. The van der Waals surface area contributed by atoms with Gasteiger partial charge < -0.3 is 11.2 Å². The second kappa shape index (κ2) is 6.28. The summed E-state index contributed by atoms with van der Waals surface area (Å²) in [6.45, 7) is 12.2. The molecule has 0 saturated heterocycles. The predicted octanol–water partition coefficient (Wildman–Crippen LogP) is 2.76. The number of nitrogens with one attached hydrogen (secondary N) is 2. The van der Waals surface area contributed by atoms with Crippen LogP contribution in [0.4, 0.5) is 4.79 Å². The highest BCUT2D eigenvalue weighted by atomic mass is 16.2. The molecule has 0 unspecified atom stereocenters. The van der Waals surface area contributed by atoms with E-state index in [-0.39, 0.29) is 0 Å². The third-order valence-corrected chi connectivity index (χ3v) is 3.43. The fraction of sp³-hybridized carbons (Fsp3) is 0.500. The van der Waals surface area contributed by atoms with E-state index in [1.165, 1.54) is 23.1 Å². The summed E-state index contributed by atoms with van der Waals surface area (Å²) in [5, 5.41) is 0. The molecule has 0 aromatic heterocycles. The van der Waals surface area contributed by atoms with Gasteiger partial charge in [-0.3, -0.25) is 5.43 Å². The summed E-state index contributed by atoms with van der Waals surface area (Å²) in [4.78, 5) is 10.5. The Bertz CT molecular complexity index is 396. The Kier molecular flexibility index (Phi) is 5.01. The first-order valence-corrected chi connectivity index (χ1v) is 6.25. The fourth-order valence-corrected chi connectivity index (χ4v) is 2.42. The number of nitrogens with two attached hydrogens (primary N) is 1. The van der Waals surface area contributed by atoms with Crippen LogP contribution >= 0.6 is 0 Å².